The summed E-state index contributed by atoms with van der Waals surface area (Å²) in [5.74, 6) is 0.258. The molecule has 1 aromatic rings. The van der Waals surface area contributed by atoms with E-state index < -0.39 is 0 Å². The molecule has 1 aromatic carbocycles. The van der Waals surface area contributed by atoms with Crippen molar-refractivity contribution >= 4 is 0 Å². The normalized spacial score (nSPS) is 24.6. The number of allylic oxidation sites excluding steroid dienone is 1. The molecule has 16 heavy (non-hydrogen) atoms. The molecule has 1 N–H and O–H groups in total. The van der Waals surface area contributed by atoms with Crippen molar-refractivity contribution in [1.82, 2.24) is 0 Å². The molecule has 0 saturated carbocycles. The zero-order valence-corrected chi connectivity index (χ0v) is 9.38. The molecule has 2 heteroatoms. The van der Waals surface area contributed by atoms with Crippen LogP contribution in [0.1, 0.15) is 18.4 Å². The summed E-state index contributed by atoms with van der Waals surface area (Å²) in [4.78, 5) is 0. The molecule has 0 fully saturated rings. The van der Waals surface area contributed by atoms with Gasteiger partial charge >= 0.3 is 0 Å². The molecule has 1 aliphatic rings. The van der Waals surface area contributed by atoms with Gasteiger partial charge in [-0.3, -0.25) is 0 Å². The third-order valence-corrected chi connectivity index (χ3v) is 3.01. The molecule has 0 amide bonds. The van der Waals surface area contributed by atoms with Crippen molar-refractivity contribution in [2.24, 2.45) is 5.92 Å². The Kier molecular flexibility index (Phi) is 4.14. The highest BCUT2D eigenvalue weighted by Crippen LogP contribution is 2.22. The van der Waals surface area contributed by atoms with Crippen LogP contribution in [-0.4, -0.2) is 17.8 Å². The van der Waals surface area contributed by atoms with Gasteiger partial charge < -0.3 is 9.84 Å². The number of aliphatic hydroxyl groups is 1. The molecule has 0 aliphatic heterocycles. The van der Waals surface area contributed by atoms with Gasteiger partial charge in [-0.2, -0.15) is 0 Å². The van der Waals surface area contributed by atoms with Crippen LogP contribution >= 0.6 is 0 Å². The second-order valence-electron chi connectivity index (χ2n) is 4.21. The highest BCUT2D eigenvalue weighted by Gasteiger charge is 2.21. The summed E-state index contributed by atoms with van der Waals surface area (Å²) in [6.45, 7) is 0.830. The highest BCUT2D eigenvalue weighted by molar-refractivity contribution is 5.13. The minimum atomic E-state index is 0.0685. The Balaban J connectivity index is 1.89. The number of rotatable bonds is 4. The molecule has 2 unspecified atom stereocenters. The van der Waals surface area contributed by atoms with Crippen LogP contribution in [0, 0.1) is 5.92 Å². The van der Waals surface area contributed by atoms with Crippen LogP contribution in [0.4, 0.5) is 0 Å². The van der Waals surface area contributed by atoms with Crippen molar-refractivity contribution < 1.29 is 9.84 Å². The smallest absolute Gasteiger partial charge is 0.0810 e. The maximum absolute atomic E-state index is 9.24. The van der Waals surface area contributed by atoms with Crippen molar-refractivity contribution in [3.63, 3.8) is 0 Å². The minimum Gasteiger partial charge on any atom is -0.396 e. The average molecular weight is 218 g/mol. The lowest BCUT2D eigenvalue weighted by Gasteiger charge is -2.26. The molecule has 0 radical (unpaired) electrons. The maximum Gasteiger partial charge on any atom is 0.0810 e. The third-order valence-electron chi connectivity index (χ3n) is 3.01. The second-order valence-corrected chi connectivity index (χ2v) is 4.21. The fourth-order valence-corrected chi connectivity index (χ4v) is 2.02. The van der Waals surface area contributed by atoms with Crippen molar-refractivity contribution in [3.8, 4) is 0 Å². The molecule has 0 saturated heterocycles. The van der Waals surface area contributed by atoms with E-state index in [-0.39, 0.29) is 18.6 Å². The Labute approximate surface area is 96.6 Å². The molecule has 2 rings (SSSR count). The summed E-state index contributed by atoms with van der Waals surface area (Å²) >= 11 is 0. The summed E-state index contributed by atoms with van der Waals surface area (Å²) in [6, 6.07) is 10.1. The Bertz CT molecular complexity index is 332. The van der Waals surface area contributed by atoms with Crippen LogP contribution in [-0.2, 0) is 11.3 Å². The van der Waals surface area contributed by atoms with Crippen molar-refractivity contribution in [2.45, 2.75) is 25.6 Å². The second kappa shape index (κ2) is 5.83. The van der Waals surface area contributed by atoms with Gasteiger partial charge in [-0.25, -0.2) is 0 Å². The Morgan fingerprint density at radius 3 is 2.81 bits per heavy atom. The first kappa shape index (κ1) is 11.4. The largest absolute Gasteiger partial charge is 0.396 e. The van der Waals surface area contributed by atoms with Crippen LogP contribution in [0.3, 0.4) is 0 Å². The molecule has 0 spiro atoms. The molecule has 2 nitrogen and oxygen atoms in total. The zero-order chi connectivity index (χ0) is 11.2. The monoisotopic (exact) mass is 218 g/mol. The molecule has 0 aromatic heterocycles. The maximum atomic E-state index is 9.24. The van der Waals surface area contributed by atoms with E-state index in [9.17, 15) is 5.11 Å². The van der Waals surface area contributed by atoms with Gasteiger partial charge in [0, 0.05) is 12.5 Å². The SMILES string of the molecule is OCC1CCC=CC1OCc1ccccc1. The molecule has 1 aliphatic carbocycles. The van der Waals surface area contributed by atoms with Gasteiger partial charge in [0.2, 0.25) is 0 Å². The van der Waals surface area contributed by atoms with Gasteiger partial charge in [0.1, 0.15) is 0 Å². The quantitative estimate of drug-likeness (QED) is 0.787. The number of hydrogen-bond acceptors (Lipinski definition) is 2. The lowest BCUT2D eigenvalue weighted by atomic mass is 9.92. The topological polar surface area (TPSA) is 29.5 Å². The van der Waals surface area contributed by atoms with Gasteiger partial charge in [0.25, 0.3) is 0 Å². The summed E-state index contributed by atoms with van der Waals surface area (Å²) in [7, 11) is 0. The van der Waals surface area contributed by atoms with E-state index in [2.05, 4.69) is 24.3 Å². The van der Waals surface area contributed by atoms with Gasteiger partial charge in [-0.1, -0.05) is 42.5 Å². The molecule has 0 bridgehead atoms. The Hall–Kier alpha value is -1.12. The first-order valence-electron chi connectivity index (χ1n) is 5.83. The Morgan fingerprint density at radius 1 is 1.25 bits per heavy atom. The van der Waals surface area contributed by atoms with Crippen molar-refractivity contribution in [1.29, 1.82) is 0 Å². The highest BCUT2D eigenvalue weighted by atomic mass is 16.5. The molecule has 2 atom stereocenters. The summed E-state index contributed by atoms with van der Waals surface area (Å²) in [5.41, 5.74) is 1.18. The number of aliphatic hydroxyl groups excluding tert-OH is 1. The van der Waals surface area contributed by atoms with E-state index in [1.54, 1.807) is 0 Å². The average Bonchev–Trinajstić information content (AvgIpc) is 2.38. The number of benzene rings is 1. The van der Waals surface area contributed by atoms with Crippen molar-refractivity contribution in [2.75, 3.05) is 6.61 Å². The predicted molar refractivity (Wildman–Crippen MR) is 64.0 cm³/mol. The Morgan fingerprint density at radius 2 is 2.06 bits per heavy atom. The van der Waals surface area contributed by atoms with Crippen molar-refractivity contribution in [3.05, 3.63) is 48.0 Å². The molecular formula is C14H18O2. The summed E-state index contributed by atoms with van der Waals surface area (Å²) < 4.78 is 5.83. The number of ether oxygens (including phenoxy) is 1. The van der Waals surface area contributed by atoms with Crippen LogP contribution < -0.4 is 0 Å². The zero-order valence-electron chi connectivity index (χ0n) is 9.38. The van der Waals surface area contributed by atoms with E-state index in [0.29, 0.717) is 6.61 Å². The summed E-state index contributed by atoms with van der Waals surface area (Å²) in [6.07, 6.45) is 6.36. The molecular weight excluding hydrogens is 200 g/mol. The van der Waals surface area contributed by atoms with E-state index in [1.807, 2.05) is 18.2 Å². The van der Waals surface area contributed by atoms with E-state index >= 15 is 0 Å². The predicted octanol–water partition coefficient (Wildman–Crippen LogP) is 2.53. The van der Waals surface area contributed by atoms with Crippen LogP contribution in [0.15, 0.2) is 42.5 Å². The van der Waals surface area contributed by atoms with Gasteiger partial charge in [-0.05, 0) is 18.4 Å². The van der Waals surface area contributed by atoms with Gasteiger partial charge in [0.05, 0.1) is 12.7 Å². The third kappa shape index (κ3) is 2.94. The van der Waals surface area contributed by atoms with E-state index in [4.69, 9.17) is 4.74 Å². The first-order chi connectivity index (χ1) is 7.90. The molecule has 86 valence electrons. The molecule has 0 heterocycles. The lowest BCUT2D eigenvalue weighted by Crippen LogP contribution is -2.27. The van der Waals surface area contributed by atoms with Crippen LogP contribution in [0.25, 0.3) is 0 Å². The summed E-state index contributed by atoms with van der Waals surface area (Å²) in [5, 5.41) is 9.24. The fraction of sp³-hybridized carbons (Fsp3) is 0.429. The van der Waals surface area contributed by atoms with E-state index in [1.165, 1.54) is 5.56 Å². The van der Waals surface area contributed by atoms with Crippen LogP contribution in [0.2, 0.25) is 0 Å². The minimum absolute atomic E-state index is 0.0685. The lowest BCUT2D eigenvalue weighted by molar-refractivity contribution is 0.00685. The van der Waals surface area contributed by atoms with Crippen LogP contribution in [0.5, 0.6) is 0 Å². The van der Waals surface area contributed by atoms with Gasteiger partial charge in [-0.15, -0.1) is 0 Å². The standard InChI is InChI=1S/C14H18O2/c15-10-13-8-4-5-9-14(13)16-11-12-6-2-1-3-7-12/h1-3,5-7,9,13-15H,4,8,10-11H2. The number of hydrogen-bond donors (Lipinski definition) is 1. The fourth-order valence-electron chi connectivity index (χ4n) is 2.02. The van der Waals surface area contributed by atoms with Gasteiger partial charge in [0.15, 0.2) is 0 Å². The van der Waals surface area contributed by atoms with E-state index in [0.717, 1.165) is 12.8 Å². The first-order valence-corrected chi connectivity index (χ1v) is 5.83.